The first kappa shape index (κ1) is 18.9. The summed E-state index contributed by atoms with van der Waals surface area (Å²) in [7, 11) is 0. The summed E-state index contributed by atoms with van der Waals surface area (Å²) in [4.78, 5) is 36.9. The van der Waals surface area contributed by atoms with Gasteiger partial charge in [-0.2, -0.15) is 0 Å². The maximum Gasteiger partial charge on any atom is 0.270 e. The lowest BCUT2D eigenvalue weighted by Gasteiger charge is -2.39. The first-order valence-electron chi connectivity index (χ1n) is 8.39. The van der Waals surface area contributed by atoms with E-state index < -0.39 is 16.9 Å². The van der Waals surface area contributed by atoms with Crippen molar-refractivity contribution in [1.82, 2.24) is 10.2 Å². The van der Waals surface area contributed by atoms with Crippen LogP contribution < -0.4 is 11.1 Å². The van der Waals surface area contributed by atoms with Gasteiger partial charge >= 0.3 is 0 Å². The Bertz CT molecular complexity index is 664. The molecule has 1 heterocycles. The highest BCUT2D eigenvalue weighted by Crippen LogP contribution is 2.22. The van der Waals surface area contributed by atoms with Gasteiger partial charge in [0.15, 0.2) is 0 Å². The lowest BCUT2D eigenvalue weighted by Crippen LogP contribution is -2.55. The van der Waals surface area contributed by atoms with Crippen LogP contribution in [0.2, 0.25) is 0 Å². The maximum atomic E-state index is 12.7. The van der Waals surface area contributed by atoms with Gasteiger partial charge in [-0.1, -0.05) is 13.0 Å². The Morgan fingerprint density at radius 3 is 2.84 bits per heavy atom. The number of benzene rings is 1. The number of piperidine rings is 1. The molecule has 1 aliphatic rings. The van der Waals surface area contributed by atoms with E-state index in [-0.39, 0.29) is 23.2 Å². The Labute approximate surface area is 146 Å². The number of hydrogen-bond donors (Lipinski definition) is 2. The zero-order chi connectivity index (χ0) is 18.6. The molecule has 25 heavy (non-hydrogen) atoms. The van der Waals surface area contributed by atoms with Crippen LogP contribution in [-0.2, 0) is 4.79 Å². The first-order valence-corrected chi connectivity index (χ1v) is 8.39. The molecule has 0 aliphatic carbocycles. The molecule has 0 bridgehead atoms. The third kappa shape index (κ3) is 4.54. The standard InChI is InChI=1S/C17H24N4O4/c1-11-6-7-20(15(8-11)10-18)17(23)12(2)19-16(22)13-4-3-5-14(9-13)21(24)25/h3-5,9,11-12,15H,6-8,10,18H2,1-2H3,(H,19,22). The van der Waals surface area contributed by atoms with Gasteiger partial charge in [0.1, 0.15) is 6.04 Å². The van der Waals surface area contributed by atoms with Crippen LogP contribution in [-0.4, -0.2) is 46.8 Å². The van der Waals surface area contributed by atoms with E-state index >= 15 is 0 Å². The van der Waals surface area contributed by atoms with Crippen LogP contribution in [0.5, 0.6) is 0 Å². The Balaban J connectivity index is 2.04. The molecule has 1 aromatic carbocycles. The number of carbonyl (C=O) groups is 2. The van der Waals surface area contributed by atoms with Crippen molar-refractivity contribution in [3.8, 4) is 0 Å². The highest BCUT2D eigenvalue weighted by Gasteiger charge is 2.32. The fourth-order valence-electron chi connectivity index (χ4n) is 3.12. The molecule has 3 unspecified atom stereocenters. The Morgan fingerprint density at radius 1 is 1.48 bits per heavy atom. The van der Waals surface area contributed by atoms with Crippen molar-refractivity contribution in [2.45, 2.75) is 38.8 Å². The van der Waals surface area contributed by atoms with Crippen LogP contribution in [0.15, 0.2) is 24.3 Å². The molecule has 0 spiro atoms. The minimum Gasteiger partial charge on any atom is -0.341 e. The summed E-state index contributed by atoms with van der Waals surface area (Å²) in [5.41, 5.74) is 5.77. The van der Waals surface area contributed by atoms with Gasteiger partial charge in [-0.25, -0.2) is 0 Å². The van der Waals surface area contributed by atoms with E-state index in [9.17, 15) is 19.7 Å². The molecule has 3 N–H and O–H groups in total. The van der Waals surface area contributed by atoms with Gasteiger partial charge in [0.05, 0.1) is 4.92 Å². The highest BCUT2D eigenvalue weighted by molar-refractivity contribution is 5.97. The average molecular weight is 348 g/mol. The molecular formula is C17H24N4O4. The zero-order valence-corrected chi connectivity index (χ0v) is 14.5. The maximum absolute atomic E-state index is 12.7. The summed E-state index contributed by atoms with van der Waals surface area (Å²) >= 11 is 0. The molecule has 2 amide bonds. The Kier molecular flexibility index (Phi) is 6.08. The molecule has 1 aromatic rings. The average Bonchev–Trinajstić information content (AvgIpc) is 2.60. The number of nitro benzene ring substituents is 1. The number of hydrogen-bond acceptors (Lipinski definition) is 5. The number of nitrogens with zero attached hydrogens (tertiary/aromatic N) is 2. The molecule has 8 heteroatoms. The smallest absolute Gasteiger partial charge is 0.270 e. The highest BCUT2D eigenvalue weighted by atomic mass is 16.6. The molecule has 136 valence electrons. The second-order valence-electron chi connectivity index (χ2n) is 6.55. The lowest BCUT2D eigenvalue weighted by molar-refractivity contribution is -0.384. The molecule has 0 radical (unpaired) electrons. The van der Waals surface area contributed by atoms with Crippen molar-refractivity contribution in [1.29, 1.82) is 0 Å². The summed E-state index contributed by atoms with van der Waals surface area (Å²) in [6, 6.07) is 4.67. The minimum absolute atomic E-state index is 0.0200. The number of nitrogens with two attached hydrogens (primary N) is 1. The second-order valence-corrected chi connectivity index (χ2v) is 6.55. The molecule has 2 rings (SSSR count). The van der Waals surface area contributed by atoms with Gasteiger partial charge in [0.25, 0.3) is 11.6 Å². The molecule has 1 saturated heterocycles. The van der Waals surface area contributed by atoms with E-state index in [1.54, 1.807) is 11.8 Å². The predicted molar refractivity (Wildman–Crippen MR) is 93.0 cm³/mol. The SMILES string of the molecule is CC1CCN(C(=O)C(C)NC(=O)c2cccc([N+](=O)[O-])c2)C(CN)C1. The summed E-state index contributed by atoms with van der Waals surface area (Å²) < 4.78 is 0. The molecule has 1 aliphatic heterocycles. The third-order valence-corrected chi connectivity index (χ3v) is 4.57. The molecule has 0 aromatic heterocycles. The Morgan fingerprint density at radius 2 is 2.20 bits per heavy atom. The van der Waals surface area contributed by atoms with E-state index in [0.717, 1.165) is 12.8 Å². The van der Waals surface area contributed by atoms with Crippen LogP contribution in [0.3, 0.4) is 0 Å². The van der Waals surface area contributed by atoms with Crippen molar-refractivity contribution < 1.29 is 14.5 Å². The van der Waals surface area contributed by atoms with Crippen LogP contribution >= 0.6 is 0 Å². The van der Waals surface area contributed by atoms with E-state index in [0.29, 0.717) is 19.0 Å². The summed E-state index contributed by atoms with van der Waals surface area (Å²) in [5.74, 6) is -0.173. The first-order chi connectivity index (χ1) is 11.8. The number of rotatable bonds is 5. The second kappa shape index (κ2) is 8.06. The van der Waals surface area contributed by atoms with Crippen LogP contribution in [0.25, 0.3) is 0 Å². The quantitative estimate of drug-likeness (QED) is 0.614. The molecule has 8 nitrogen and oxygen atoms in total. The summed E-state index contributed by atoms with van der Waals surface area (Å²) in [5, 5.41) is 13.4. The van der Waals surface area contributed by atoms with Crippen molar-refractivity contribution >= 4 is 17.5 Å². The van der Waals surface area contributed by atoms with Crippen molar-refractivity contribution in [2.24, 2.45) is 11.7 Å². The van der Waals surface area contributed by atoms with Crippen molar-refractivity contribution in [3.05, 3.63) is 39.9 Å². The molecule has 3 atom stereocenters. The number of nitro groups is 1. The van der Waals surface area contributed by atoms with E-state index in [1.807, 2.05) is 0 Å². The van der Waals surface area contributed by atoms with E-state index in [2.05, 4.69) is 12.2 Å². The number of carbonyl (C=O) groups excluding carboxylic acids is 2. The molecule has 0 saturated carbocycles. The summed E-state index contributed by atoms with van der Waals surface area (Å²) in [6.07, 6.45) is 1.77. The van der Waals surface area contributed by atoms with Gasteiger partial charge in [0.2, 0.25) is 5.91 Å². The van der Waals surface area contributed by atoms with Gasteiger partial charge in [-0.05, 0) is 31.7 Å². The van der Waals surface area contributed by atoms with Gasteiger partial charge in [-0.3, -0.25) is 19.7 Å². The lowest BCUT2D eigenvalue weighted by atomic mass is 9.92. The number of likely N-dealkylation sites (tertiary alicyclic amines) is 1. The third-order valence-electron chi connectivity index (χ3n) is 4.57. The number of nitrogens with one attached hydrogen (secondary N) is 1. The van der Waals surface area contributed by atoms with E-state index in [1.165, 1.54) is 24.3 Å². The monoisotopic (exact) mass is 348 g/mol. The minimum atomic E-state index is -0.728. The van der Waals surface area contributed by atoms with Gasteiger partial charge in [-0.15, -0.1) is 0 Å². The zero-order valence-electron chi connectivity index (χ0n) is 14.5. The van der Waals surface area contributed by atoms with Crippen LogP contribution in [0.1, 0.15) is 37.0 Å². The molecular weight excluding hydrogens is 324 g/mol. The van der Waals surface area contributed by atoms with Crippen LogP contribution in [0.4, 0.5) is 5.69 Å². The van der Waals surface area contributed by atoms with Gasteiger partial charge < -0.3 is 16.0 Å². The van der Waals surface area contributed by atoms with Crippen molar-refractivity contribution in [2.75, 3.05) is 13.1 Å². The van der Waals surface area contributed by atoms with Gasteiger partial charge in [0, 0.05) is 36.8 Å². The fourth-order valence-corrected chi connectivity index (χ4v) is 3.12. The van der Waals surface area contributed by atoms with E-state index in [4.69, 9.17) is 5.73 Å². The topological polar surface area (TPSA) is 119 Å². The Hall–Kier alpha value is -2.48. The molecule has 1 fully saturated rings. The normalized spacial score (nSPS) is 21.5. The predicted octanol–water partition coefficient (Wildman–Crippen LogP) is 1.30. The largest absolute Gasteiger partial charge is 0.341 e. The van der Waals surface area contributed by atoms with Crippen LogP contribution in [0, 0.1) is 16.0 Å². The summed E-state index contributed by atoms with van der Waals surface area (Å²) in [6.45, 7) is 4.77. The fraction of sp³-hybridized carbons (Fsp3) is 0.529. The number of amides is 2. The van der Waals surface area contributed by atoms with Crippen molar-refractivity contribution in [3.63, 3.8) is 0 Å². The number of non-ortho nitro benzene ring substituents is 1.